The molecule has 2 aliphatic rings. The van der Waals surface area contributed by atoms with Crippen molar-refractivity contribution in [3.05, 3.63) is 0 Å². The monoisotopic (exact) mass is 294 g/mol. The number of hydrogen-bond donors (Lipinski definition) is 1. The fourth-order valence-electron chi connectivity index (χ4n) is 3.65. The molecular formula is C16H26N2O3. The average molecular weight is 294 g/mol. The number of barbiturate groups is 1. The van der Waals surface area contributed by atoms with E-state index in [0.29, 0.717) is 19.4 Å². The third-order valence-corrected chi connectivity index (χ3v) is 5.23. The highest BCUT2D eigenvalue weighted by Crippen LogP contribution is 2.33. The zero-order chi connectivity index (χ0) is 15.5. The summed E-state index contributed by atoms with van der Waals surface area (Å²) in [6, 6.07) is -0.547. The van der Waals surface area contributed by atoms with E-state index in [4.69, 9.17) is 0 Å². The second-order valence-electron chi connectivity index (χ2n) is 6.30. The normalized spacial score (nSPS) is 22.8. The molecule has 0 aromatic carbocycles. The number of imide groups is 2. The number of urea groups is 1. The van der Waals surface area contributed by atoms with Crippen LogP contribution in [0.2, 0.25) is 0 Å². The number of nitrogens with one attached hydrogen (secondary N) is 1. The van der Waals surface area contributed by atoms with Crippen LogP contribution in [0.25, 0.3) is 0 Å². The first kappa shape index (κ1) is 16.0. The van der Waals surface area contributed by atoms with Gasteiger partial charge in [0.25, 0.3) is 0 Å². The van der Waals surface area contributed by atoms with Crippen molar-refractivity contribution in [1.29, 1.82) is 0 Å². The van der Waals surface area contributed by atoms with Crippen molar-refractivity contribution in [2.24, 2.45) is 11.3 Å². The SMILES string of the molecule is CCC1(CC)C(=O)NC(=O)N(CCCC2CCCC2)C1=O. The number of carbonyl (C=O) groups is 3. The van der Waals surface area contributed by atoms with Crippen molar-refractivity contribution in [2.45, 2.75) is 65.2 Å². The first-order chi connectivity index (χ1) is 10.0. The summed E-state index contributed by atoms with van der Waals surface area (Å²) in [7, 11) is 0. The number of carbonyl (C=O) groups excluding carboxylic acids is 3. The summed E-state index contributed by atoms with van der Waals surface area (Å²) < 4.78 is 0. The van der Waals surface area contributed by atoms with Crippen LogP contribution in [0.3, 0.4) is 0 Å². The topological polar surface area (TPSA) is 66.5 Å². The summed E-state index contributed by atoms with van der Waals surface area (Å²) >= 11 is 0. The second kappa shape index (κ2) is 6.58. The van der Waals surface area contributed by atoms with Gasteiger partial charge < -0.3 is 0 Å². The zero-order valence-corrected chi connectivity index (χ0v) is 13.1. The Morgan fingerprint density at radius 2 is 1.76 bits per heavy atom. The maximum atomic E-state index is 12.6. The fourth-order valence-corrected chi connectivity index (χ4v) is 3.65. The molecule has 2 fully saturated rings. The molecule has 1 N–H and O–H groups in total. The minimum Gasteiger partial charge on any atom is -0.277 e. The van der Waals surface area contributed by atoms with Crippen LogP contribution in [0.1, 0.15) is 65.2 Å². The number of amides is 4. The van der Waals surface area contributed by atoms with E-state index in [1.807, 2.05) is 13.8 Å². The van der Waals surface area contributed by atoms with Crippen molar-refractivity contribution in [2.75, 3.05) is 6.54 Å². The van der Waals surface area contributed by atoms with E-state index in [1.165, 1.54) is 30.6 Å². The second-order valence-corrected chi connectivity index (χ2v) is 6.30. The lowest BCUT2D eigenvalue weighted by Gasteiger charge is -2.38. The largest absolute Gasteiger partial charge is 0.330 e. The molecule has 0 spiro atoms. The van der Waals surface area contributed by atoms with Gasteiger partial charge >= 0.3 is 6.03 Å². The summed E-state index contributed by atoms with van der Waals surface area (Å²) in [6.07, 6.45) is 7.91. The quantitative estimate of drug-likeness (QED) is 0.766. The standard InChI is InChI=1S/C16H26N2O3/c1-3-16(4-2)13(19)17-15(21)18(14(16)20)11-7-10-12-8-5-6-9-12/h12H,3-11H2,1-2H3,(H,17,19,21). The number of hydrogen-bond acceptors (Lipinski definition) is 3. The Bertz CT molecular complexity index is 423. The maximum Gasteiger partial charge on any atom is 0.330 e. The van der Waals surface area contributed by atoms with E-state index in [9.17, 15) is 14.4 Å². The molecule has 21 heavy (non-hydrogen) atoms. The van der Waals surface area contributed by atoms with Gasteiger partial charge in [-0.2, -0.15) is 0 Å². The van der Waals surface area contributed by atoms with Gasteiger partial charge in [0, 0.05) is 6.54 Å². The van der Waals surface area contributed by atoms with E-state index >= 15 is 0 Å². The number of rotatable bonds is 6. The molecule has 0 radical (unpaired) electrons. The van der Waals surface area contributed by atoms with Crippen LogP contribution in [-0.4, -0.2) is 29.3 Å². The van der Waals surface area contributed by atoms with E-state index in [2.05, 4.69) is 5.32 Å². The maximum absolute atomic E-state index is 12.6. The Morgan fingerprint density at radius 1 is 1.14 bits per heavy atom. The van der Waals surface area contributed by atoms with E-state index in [1.54, 1.807) is 0 Å². The van der Waals surface area contributed by atoms with Crippen LogP contribution in [-0.2, 0) is 9.59 Å². The van der Waals surface area contributed by atoms with Crippen molar-refractivity contribution < 1.29 is 14.4 Å². The third kappa shape index (κ3) is 2.97. The summed E-state index contributed by atoms with van der Waals surface area (Å²) in [6.45, 7) is 4.08. The molecule has 1 saturated carbocycles. The van der Waals surface area contributed by atoms with Gasteiger partial charge in [-0.05, 0) is 31.6 Å². The van der Waals surface area contributed by atoms with Crippen molar-refractivity contribution in [3.63, 3.8) is 0 Å². The molecular weight excluding hydrogens is 268 g/mol. The molecule has 0 bridgehead atoms. The first-order valence-corrected chi connectivity index (χ1v) is 8.22. The van der Waals surface area contributed by atoms with E-state index in [0.717, 1.165) is 18.8 Å². The highest BCUT2D eigenvalue weighted by atomic mass is 16.2. The third-order valence-electron chi connectivity index (χ3n) is 5.23. The lowest BCUT2D eigenvalue weighted by Crippen LogP contribution is -2.63. The average Bonchev–Trinajstić information content (AvgIpc) is 2.97. The fraction of sp³-hybridized carbons (Fsp3) is 0.812. The molecule has 0 aromatic heterocycles. The van der Waals surface area contributed by atoms with Gasteiger partial charge in [-0.3, -0.25) is 19.8 Å². The summed E-state index contributed by atoms with van der Waals surface area (Å²) in [5, 5.41) is 2.36. The van der Waals surface area contributed by atoms with Gasteiger partial charge in [0.15, 0.2) is 0 Å². The Balaban J connectivity index is 1.98. The van der Waals surface area contributed by atoms with Gasteiger partial charge in [-0.15, -0.1) is 0 Å². The molecule has 0 aromatic rings. The Hall–Kier alpha value is -1.39. The lowest BCUT2D eigenvalue weighted by atomic mass is 9.78. The Kier molecular flexibility index (Phi) is 5.01. The minimum absolute atomic E-state index is 0.312. The Morgan fingerprint density at radius 3 is 2.33 bits per heavy atom. The molecule has 1 heterocycles. The van der Waals surface area contributed by atoms with Gasteiger partial charge in [-0.25, -0.2) is 4.79 Å². The molecule has 5 heteroatoms. The van der Waals surface area contributed by atoms with Gasteiger partial charge in [0.1, 0.15) is 5.41 Å². The van der Waals surface area contributed by atoms with Gasteiger partial charge in [-0.1, -0.05) is 39.5 Å². The molecule has 0 atom stereocenters. The van der Waals surface area contributed by atoms with Crippen LogP contribution in [0.4, 0.5) is 4.79 Å². The minimum atomic E-state index is -1.05. The highest BCUT2D eigenvalue weighted by Gasteiger charge is 2.51. The molecule has 1 saturated heterocycles. The molecule has 4 amide bonds. The summed E-state index contributed by atoms with van der Waals surface area (Å²) in [4.78, 5) is 37.8. The summed E-state index contributed by atoms with van der Waals surface area (Å²) in [5.41, 5.74) is -1.05. The molecule has 5 nitrogen and oxygen atoms in total. The predicted molar refractivity (Wildman–Crippen MR) is 79.5 cm³/mol. The van der Waals surface area contributed by atoms with Crippen LogP contribution in [0, 0.1) is 11.3 Å². The first-order valence-electron chi connectivity index (χ1n) is 8.22. The van der Waals surface area contributed by atoms with Crippen LogP contribution < -0.4 is 5.32 Å². The van der Waals surface area contributed by atoms with Crippen molar-refractivity contribution in [3.8, 4) is 0 Å². The van der Waals surface area contributed by atoms with Crippen molar-refractivity contribution >= 4 is 17.8 Å². The van der Waals surface area contributed by atoms with Gasteiger partial charge in [0.05, 0.1) is 0 Å². The van der Waals surface area contributed by atoms with Gasteiger partial charge in [0.2, 0.25) is 11.8 Å². The number of nitrogens with zero attached hydrogens (tertiary/aromatic N) is 1. The van der Waals surface area contributed by atoms with E-state index in [-0.39, 0.29) is 5.91 Å². The molecule has 1 aliphatic carbocycles. The van der Waals surface area contributed by atoms with Crippen LogP contribution >= 0.6 is 0 Å². The smallest absolute Gasteiger partial charge is 0.277 e. The van der Waals surface area contributed by atoms with Crippen LogP contribution in [0.15, 0.2) is 0 Å². The Labute approximate surface area is 126 Å². The highest BCUT2D eigenvalue weighted by molar-refractivity contribution is 6.19. The molecule has 1 aliphatic heterocycles. The zero-order valence-electron chi connectivity index (χ0n) is 13.1. The summed E-state index contributed by atoms with van der Waals surface area (Å²) in [5.74, 6) is -0.00101. The molecule has 2 rings (SSSR count). The molecule has 118 valence electrons. The molecule has 0 unspecified atom stereocenters. The van der Waals surface area contributed by atoms with E-state index < -0.39 is 17.4 Å². The lowest BCUT2D eigenvalue weighted by molar-refractivity contribution is -0.152. The van der Waals surface area contributed by atoms with Crippen LogP contribution in [0.5, 0.6) is 0 Å². The van der Waals surface area contributed by atoms with Crippen molar-refractivity contribution in [1.82, 2.24) is 10.2 Å². The predicted octanol–water partition coefficient (Wildman–Crippen LogP) is 2.84.